The molecule has 4 aromatic rings. The quantitative estimate of drug-likeness (QED) is 0.406. The van der Waals surface area contributed by atoms with Gasteiger partial charge in [0.05, 0.1) is 11.8 Å². The monoisotopic (exact) mass is 450 g/mol. The van der Waals surface area contributed by atoms with Crippen LogP contribution in [0.3, 0.4) is 0 Å². The highest BCUT2D eigenvalue weighted by atomic mass is 79.9. The van der Waals surface area contributed by atoms with Gasteiger partial charge >= 0.3 is 0 Å². The summed E-state index contributed by atoms with van der Waals surface area (Å²) >= 11 is 3.26. The number of hydrogen-bond acceptors (Lipinski definition) is 4. The molecule has 0 saturated heterocycles. The van der Waals surface area contributed by atoms with Crippen LogP contribution in [0.2, 0.25) is 0 Å². The molecule has 3 N–H and O–H groups in total. The smallest absolute Gasteiger partial charge is 0.286 e. The fourth-order valence-corrected chi connectivity index (χ4v) is 3.09. The summed E-state index contributed by atoms with van der Waals surface area (Å²) in [5.74, 6) is -0.0429. The topological polar surface area (TPSA) is 100 Å². The Morgan fingerprint density at radius 3 is 2.45 bits per heavy atom. The Balaban J connectivity index is 1.53. The minimum absolute atomic E-state index is 0.311. The largest absolute Gasteiger partial charge is 0.436 e. The molecule has 0 aliphatic carbocycles. The van der Waals surface area contributed by atoms with Crippen LogP contribution < -0.4 is 10.9 Å². The molecule has 4 rings (SSSR count). The van der Waals surface area contributed by atoms with Gasteiger partial charge in [0, 0.05) is 21.8 Å². The molecule has 0 saturated carbocycles. The van der Waals surface area contributed by atoms with Crippen molar-refractivity contribution < 1.29 is 14.0 Å². The van der Waals surface area contributed by atoms with Crippen molar-refractivity contribution in [3.8, 4) is 22.8 Å². The summed E-state index contributed by atoms with van der Waals surface area (Å²) < 4.78 is 6.59. The molecule has 2 heterocycles. The first kappa shape index (κ1) is 18.7. The number of hydrazine groups is 1. The molecule has 0 aliphatic rings. The molecule has 144 valence electrons. The maximum Gasteiger partial charge on any atom is 0.286 e. The third-order valence-corrected chi connectivity index (χ3v) is 4.61. The second-order valence-electron chi connectivity index (χ2n) is 6.08. The van der Waals surface area contributed by atoms with E-state index in [9.17, 15) is 9.59 Å². The molecule has 0 spiro atoms. The summed E-state index contributed by atoms with van der Waals surface area (Å²) in [6.07, 6.45) is 3.24. The zero-order valence-electron chi connectivity index (χ0n) is 15.0. The minimum atomic E-state index is -0.487. The molecule has 0 fully saturated rings. The third-order valence-electron chi connectivity index (χ3n) is 4.15. The highest BCUT2D eigenvalue weighted by molar-refractivity contribution is 9.10. The molecule has 7 nitrogen and oxygen atoms in total. The molecule has 0 bridgehead atoms. The first-order chi connectivity index (χ1) is 14.1. The normalized spacial score (nSPS) is 10.5. The van der Waals surface area contributed by atoms with E-state index in [-0.39, 0.29) is 0 Å². The fourth-order valence-electron chi connectivity index (χ4n) is 2.75. The molecule has 29 heavy (non-hydrogen) atoms. The van der Waals surface area contributed by atoms with E-state index in [1.807, 2.05) is 30.3 Å². The maximum atomic E-state index is 12.6. The first-order valence-corrected chi connectivity index (χ1v) is 9.46. The standard InChI is InChI=1S/C21H15BrN4O3/c22-14-10-17(23-11-14)20(28)26-25-19(27)15-8-4-5-9-16(15)21-24-12-18(29-21)13-6-2-1-3-7-13/h1-12,23H,(H,25,27)(H,26,28). The maximum absolute atomic E-state index is 12.6. The Kier molecular flexibility index (Phi) is 5.26. The van der Waals surface area contributed by atoms with Crippen molar-refractivity contribution in [2.45, 2.75) is 0 Å². The number of carbonyl (C=O) groups excluding carboxylic acids is 2. The van der Waals surface area contributed by atoms with Gasteiger partial charge in [0.1, 0.15) is 5.69 Å². The van der Waals surface area contributed by atoms with Crippen molar-refractivity contribution in [3.05, 3.63) is 88.8 Å². The molecule has 2 amide bonds. The molecule has 0 aliphatic heterocycles. The highest BCUT2D eigenvalue weighted by Crippen LogP contribution is 2.28. The average molecular weight is 451 g/mol. The Bertz CT molecular complexity index is 1170. The third kappa shape index (κ3) is 4.12. The summed E-state index contributed by atoms with van der Waals surface area (Å²) in [7, 11) is 0. The van der Waals surface area contributed by atoms with E-state index in [0.29, 0.717) is 28.5 Å². The number of nitrogens with zero attached hydrogens (tertiary/aromatic N) is 1. The zero-order chi connectivity index (χ0) is 20.2. The van der Waals surface area contributed by atoms with E-state index >= 15 is 0 Å². The van der Waals surface area contributed by atoms with Crippen molar-refractivity contribution in [1.29, 1.82) is 0 Å². The predicted molar refractivity (Wildman–Crippen MR) is 111 cm³/mol. The molecular weight excluding hydrogens is 436 g/mol. The van der Waals surface area contributed by atoms with Crippen LogP contribution in [0, 0.1) is 0 Å². The average Bonchev–Trinajstić information content (AvgIpc) is 3.42. The van der Waals surface area contributed by atoms with Crippen molar-refractivity contribution in [2.75, 3.05) is 0 Å². The fraction of sp³-hybridized carbons (Fsp3) is 0. The molecule has 8 heteroatoms. The highest BCUT2D eigenvalue weighted by Gasteiger charge is 2.18. The van der Waals surface area contributed by atoms with Crippen molar-refractivity contribution >= 4 is 27.7 Å². The van der Waals surface area contributed by atoms with E-state index in [1.54, 1.807) is 42.7 Å². The lowest BCUT2D eigenvalue weighted by Crippen LogP contribution is -2.41. The summed E-state index contributed by atoms with van der Waals surface area (Å²) in [5.41, 5.74) is 6.83. The van der Waals surface area contributed by atoms with E-state index < -0.39 is 11.8 Å². The second-order valence-corrected chi connectivity index (χ2v) is 7.00. The predicted octanol–water partition coefficient (Wildman–Crippen LogP) is 4.17. The van der Waals surface area contributed by atoms with Gasteiger partial charge in [0.25, 0.3) is 11.8 Å². The van der Waals surface area contributed by atoms with Crippen LogP contribution in [0.15, 0.2) is 81.9 Å². The van der Waals surface area contributed by atoms with Crippen LogP contribution in [0.1, 0.15) is 20.8 Å². The lowest BCUT2D eigenvalue weighted by atomic mass is 10.1. The summed E-state index contributed by atoms with van der Waals surface area (Å²) in [6.45, 7) is 0. The minimum Gasteiger partial charge on any atom is -0.436 e. The number of rotatable bonds is 4. The number of amides is 2. The Labute approximate surface area is 174 Å². The van der Waals surface area contributed by atoms with Crippen LogP contribution in [0.25, 0.3) is 22.8 Å². The van der Waals surface area contributed by atoms with E-state index in [4.69, 9.17) is 4.42 Å². The molecule has 0 unspecified atom stereocenters. The number of hydrogen-bond donors (Lipinski definition) is 3. The number of aromatic amines is 1. The van der Waals surface area contributed by atoms with E-state index in [0.717, 1.165) is 10.0 Å². The van der Waals surface area contributed by atoms with Gasteiger partial charge in [-0.15, -0.1) is 0 Å². The summed E-state index contributed by atoms with van der Waals surface area (Å²) in [5, 5.41) is 0. The number of nitrogens with one attached hydrogen (secondary N) is 3. The van der Waals surface area contributed by atoms with Crippen molar-refractivity contribution in [1.82, 2.24) is 20.8 Å². The molecular formula is C21H15BrN4O3. The van der Waals surface area contributed by atoms with Gasteiger partial charge in [-0.25, -0.2) is 4.98 Å². The van der Waals surface area contributed by atoms with Crippen molar-refractivity contribution in [2.24, 2.45) is 0 Å². The number of halogens is 1. The van der Waals surface area contributed by atoms with E-state index in [1.165, 1.54) is 0 Å². The van der Waals surface area contributed by atoms with Gasteiger partial charge in [-0.1, -0.05) is 42.5 Å². The zero-order valence-corrected chi connectivity index (χ0v) is 16.6. The number of oxazole rings is 1. The molecule has 2 aromatic carbocycles. The van der Waals surface area contributed by atoms with Gasteiger partial charge in [-0.05, 0) is 34.1 Å². The van der Waals surface area contributed by atoms with Gasteiger partial charge in [0.15, 0.2) is 5.76 Å². The van der Waals surface area contributed by atoms with Crippen LogP contribution >= 0.6 is 15.9 Å². The lowest BCUT2D eigenvalue weighted by molar-refractivity contribution is 0.0844. The number of benzene rings is 2. The number of carbonyl (C=O) groups is 2. The number of H-pyrrole nitrogens is 1. The molecule has 0 radical (unpaired) electrons. The Hall–Kier alpha value is -3.65. The van der Waals surface area contributed by atoms with Gasteiger partial charge < -0.3 is 9.40 Å². The van der Waals surface area contributed by atoms with Crippen LogP contribution in [-0.4, -0.2) is 21.8 Å². The Morgan fingerprint density at radius 2 is 1.69 bits per heavy atom. The van der Waals surface area contributed by atoms with E-state index in [2.05, 4.69) is 36.7 Å². The number of aromatic nitrogens is 2. The van der Waals surface area contributed by atoms with Gasteiger partial charge in [-0.2, -0.15) is 0 Å². The van der Waals surface area contributed by atoms with Crippen LogP contribution in [0.4, 0.5) is 0 Å². The molecule has 2 aromatic heterocycles. The van der Waals surface area contributed by atoms with Gasteiger partial charge in [0.2, 0.25) is 5.89 Å². The summed E-state index contributed by atoms with van der Waals surface area (Å²) in [6, 6.07) is 18.0. The summed E-state index contributed by atoms with van der Waals surface area (Å²) in [4.78, 5) is 31.8. The molecule has 0 atom stereocenters. The second kappa shape index (κ2) is 8.15. The van der Waals surface area contributed by atoms with Gasteiger partial charge in [-0.3, -0.25) is 20.4 Å². The SMILES string of the molecule is O=C(NNC(=O)c1ccccc1-c1ncc(-c2ccccc2)o1)c1cc(Br)c[nH]1. The lowest BCUT2D eigenvalue weighted by Gasteiger charge is -2.09. The van der Waals surface area contributed by atoms with Crippen LogP contribution in [-0.2, 0) is 0 Å². The Morgan fingerprint density at radius 1 is 0.966 bits per heavy atom. The van der Waals surface area contributed by atoms with Crippen molar-refractivity contribution in [3.63, 3.8) is 0 Å². The first-order valence-electron chi connectivity index (χ1n) is 8.67. The van der Waals surface area contributed by atoms with Crippen LogP contribution in [0.5, 0.6) is 0 Å².